The monoisotopic (exact) mass is 265 g/mol. The lowest BCUT2D eigenvalue weighted by atomic mass is 9.98. The van der Waals surface area contributed by atoms with Gasteiger partial charge in [-0.25, -0.2) is 0 Å². The first-order valence-corrected chi connectivity index (χ1v) is 6.92. The Labute approximate surface area is 114 Å². The SMILES string of the molecule is COc1c(C)cnc(CC(O)C2CCCCO2)c1C. The van der Waals surface area contributed by atoms with Crippen LogP contribution in [0.5, 0.6) is 5.75 Å². The number of ether oxygens (including phenoxy) is 2. The third kappa shape index (κ3) is 3.25. The van der Waals surface area contributed by atoms with E-state index in [2.05, 4.69) is 4.98 Å². The second-order valence-corrected chi connectivity index (χ2v) is 5.22. The molecule has 1 N–H and O–H groups in total. The summed E-state index contributed by atoms with van der Waals surface area (Å²) in [7, 11) is 1.67. The molecule has 0 saturated carbocycles. The molecule has 1 aromatic rings. The summed E-state index contributed by atoms with van der Waals surface area (Å²) < 4.78 is 11.0. The number of nitrogens with zero attached hydrogens (tertiary/aromatic N) is 1. The average Bonchev–Trinajstić information content (AvgIpc) is 2.43. The molecule has 0 radical (unpaired) electrons. The Hall–Kier alpha value is -1.13. The molecule has 0 bridgehead atoms. The van der Waals surface area contributed by atoms with Gasteiger partial charge >= 0.3 is 0 Å². The van der Waals surface area contributed by atoms with E-state index in [9.17, 15) is 5.11 Å². The maximum absolute atomic E-state index is 10.3. The van der Waals surface area contributed by atoms with Gasteiger partial charge in [0.15, 0.2) is 0 Å². The smallest absolute Gasteiger partial charge is 0.128 e. The molecule has 1 fully saturated rings. The van der Waals surface area contributed by atoms with Gasteiger partial charge in [-0.15, -0.1) is 0 Å². The van der Waals surface area contributed by atoms with E-state index in [1.165, 1.54) is 0 Å². The van der Waals surface area contributed by atoms with Gasteiger partial charge in [-0.2, -0.15) is 0 Å². The average molecular weight is 265 g/mol. The Bertz CT molecular complexity index is 428. The molecule has 2 rings (SSSR count). The second kappa shape index (κ2) is 6.35. The lowest BCUT2D eigenvalue weighted by molar-refractivity contribution is -0.0614. The second-order valence-electron chi connectivity index (χ2n) is 5.22. The first-order valence-electron chi connectivity index (χ1n) is 6.92. The highest BCUT2D eigenvalue weighted by Gasteiger charge is 2.24. The standard InChI is InChI=1S/C15H23NO3/c1-10-9-16-12(11(2)15(10)18-3)8-13(17)14-6-4-5-7-19-14/h9,13-14,17H,4-8H2,1-3H3. The lowest BCUT2D eigenvalue weighted by Gasteiger charge is -2.27. The Morgan fingerprint density at radius 2 is 2.26 bits per heavy atom. The third-order valence-corrected chi connectivity index (χ3v) is 3.80. The summed E-state index contributed by atoms with van der Waals surface area (Å²) in [5.41, 5.74) is 2.92. The largest absolute Gasteiger partial charge is 0.496 e. The first kappa shape index (κ1) is 14.3. The van der Waals surface area contributed by atoms with Gasteiger partial charge in [0.05, 0.1) is 19.3 Å². The Morgan fingerprint density at radius 3 is 2.89 bits per heavy atom. The van der Waals surface area contributed by atoms with Crippen molar-refractivity contribution >= 4 is 0 Å². The molecular formula is C15H23NO3. The van der Waals surface area contributed by atoms with Crippen LogP contribution < -0.4 is 4.74 Å². The minimum Gasteiger partial charge on any atom is -0.496 e. The van der Waals surface area contributed by atoms with E-state index in [-0.39, 0.29) is 6.10 Å². The maximum atomic E-state index is 10.3. The molecule has 106 valence electrons. The number of hydrogen-bond donors (Lipinski definition) is 1. The summed E-state index contributed by atoms with van der Waals surface area (Å²) in [5.74, 6) is 0.863. The van der Waals surface area contributed by atoms with E-state index in [4.69, 9.17) is 9.47 Å². The van der Waals surface area contributed by atoms with Gasteiger partial charge < -0.3 is 14.6 Å². The van der Waals surface area contributed by atoms with Crippen molar-refractivity contribution in [3.05, 3.63) is 23.0 Å². The van der Waals surface area contributed by atoms with Crippen molar-refractivity contribution < 1.29 is 14.6 Å². The summed E-state index contributed by atoms with van der Waals surface area (Å²) in [6.07, 6.45) is 4.94. The fourth-order valence-corrected chi connectivity index (χ4v) is 2.68. The molecule has 0 amide bonds. The number of aryl methyl sites for hydroxylation is 1. The summed E-state index contributed by atoms with van der Waals surface area (Å²) in [4.78, 5) is 4.43. The molecule has 4 nitrogen and oxygen atoms in total. The van der Waals surface area contributed by atoms with Gasteiger partial charge in [0.25, 0.3) is 0 Å². The minimum atomic E-state index is -0.487. The fourth-order valence-electron chi connectivity index (χ4n) is 2.68. The summed E-state index contributed by atoms with van der Waals surface area (Å²) in [5, 5.41) is 10.3. The van der Waals surface area contributed by atoms with Gasteiger partial charge in [0, 0.05) is 36.0 Å². The minimum absolute atomic E-state index is 0.0535. The zero-order valence-corrected chi connectivity index (χ0v) is 12.0. The molecule has 1 saturated heterocycles. The molecule has 2 heterocycles. The van der Waals surface area contributed by atoms with E-state index in [1.54, 1.807) is 13.3 Å². The van der Waals surface area contributed by atoms with Crippen LogP contribution in [0.3, 0.4) is 0 Å². The van der Waals surface area contributed by atoms with Gasteiger partial charge in [-0.05, 0) is 33.1 Å². The molecule has 0 aromatic carbocycles. The summed E-state index contributed by atoms with van der Waals surface area (Å²) in [6.45, 7) is 4.72. The van der Waals surface area contributed by atoms with E-state index in [1.807, 2.05) is 13.8 Å². The highest BCUT2D eigenvalue weighted by atomic mass is 16.5. The molecule has 1 aromatic heterocycles. The molecule has 2 atom stereocenters. The van der Waals surface area contributed by atoms with Crippen molar-refractivity contribution in [2.75, 3.05) is 13.7 Å². The van der Waals surface area contributed by atoms with Crippen molar-refractivity contribution in [3.8, 4) is 5.75 Å². The van der Waals surface area contributed by atoms with Crippen molar-refractivity contribution in [2.24, 2.45) is 0 Å². The van der Waals surface area contributed by atoms with Crippen LogP contribution in [-0.2, 0) is 11.2 Å². The van der Waals surface area contributed by atoms with E-state index >= 15 is 0 Å². The van der Waals surface area contributed by atoms with Crippen molar-refractivity contribution in [3.63, 3.8) is 0 Å². The molecule has 1 aliphatic heterocycles. The summed E-state index contributed by atoms with van der Waals surface area (Å²) in [6, 6.07) is 0. The predicted octanol–water partition coefficient (Wildman–Crippen LogP) is 2.18. The van der Waals surface area contributed by atoms with Crippen molar-refractivity contribution in [2.45, 2.75) is 51.7 Å². The predicted molar refractivity (Wildman–Crippen MR) is 73.6 cm³/mol. The number of rotatable bonds is 4. The van der Waals surface area contributed by atoms with Crippen LogP contribution in [0.15, 0.2) is 6.20 Å². The van der Waals surface area contributed by atoms with Gasteiger partial charge in [-0.1, -0.05) is 0 Å². The van der Waals surface area contributed by atoms with Crippen LogP contribution in [0.2, 0.25) is 0 Å². The first-order chi connectivity index (χ1) is 9.13. The normalized spacial score (nSPS) is 21.2. The molecule has 2 unspecified atom stereocenters. The van der Waals surface area contributed by atoms with Crippen molar-refractivity contribution in [1.82, 2.24) is 4.98 Å². The van der Waals surface area contributed by atoms with Gasteiger partial charge in [0.1, 0.15) is 5.75 Å². The zero-order valence-electron chi connectivity index (χ0n) is 12.0. The van der Waals surface area contributed by atoms with Crippen LogP contribution in [-0.4, -0.2) is 36.0 Å². The number of methoxy groups -OCH3 is 1. The van der Waals surface area contributed by atoms with Crippen LogP contribution in [0, 0.1) is 13.8 Å². The van der Waals surface area contributed by atoms with E-state index in [0.29, 0.717) is 6.42 Å². The Kier molecular flexibility index (Phi) is 4.77. The molecule has 0 aliphatic carbocycles. The van der Waals surface area contributed by atoms with E-state index in [0.717, 1.165) is 48.4 Å². The maximum Gasteiger partial charge on any atom is 0.128 e. The summed E-state index contributed by atoms with van der Waals surface area (Å²) >= 11 is 0. The highest BCUT2D eigenvalue weighted by Crippen LogP contribution is 2.26. The number of pyridine rings is 1. The topological polar surface area (TPSA) is 51.6 Å². The van der Waals surface area contributed by atoms with Gasteiger partial charge in [0.2, 0.25) is 0 Å². The number of aliphatic hydroxyl groups excluding tert-OH is 1. The molecule has 0 spiro atoms. The number of aliphatic hydroxyl groups is 1. The van der Waals surface area contributed by atoms with Crippen LogP contribution in [0.25, 0.3) is 0 Å². The molecule has 4 heteroatoms. The number of hydrogen-bond acceptors (Lipinski definition) is 4. The Morgan fingerprint density at radius 1 is 1.47 bits per heavy atom. The Balaban J connectivity index is 2.10. The van der Waals surface area contributed by atoms with Crippen molar-refractivity contribution in [1.29, 1.82) is 0 Å². The third-order valence-electron chi connectivity index (χ3n) is 3.80. The molecule has 1 aliphatic rings. The number of aromatic nitrogens is 1. The molecule has 19 heavy (non-hydrogen) atoms. The van der Waals surface area contributed by atoms with Crippen LogP contribution in [0.4, 0.5) is 0 Å². The van der Waals surface area contributed by atoms with Crippen LogP contribution >= 0.6 is 0 Å². The molecular weight excluding hydrogens is 242 g/mol. The highest BCUT2D eigenvalue weighted by molar-refractivity contribution is 5.41. The van der Waals surface area contributed by atoms with Crippen LogP contribution in [0.1, 0.15) is 36.1 Å². The lowest BCUT2D eigenvalue weighted by Crippen LogP contribution is -2.34. The fraction of sp³-hybridized carbons (Fsp3) is 0.667. The van der Waals surface area contributed by atoms with Gasteiger partial charge in [-0.3, -0.25) is 4.98 Å². The zero-order chi connectivity index (χ0) is 13.8. The quantitative estimate of drug-likeness (QED) is 0.906. The van der Waals surface area contributed by atoms with E-state index < -0.39 is 6.10 Å².